The Labute approximate surface area is 211 Å². The van der Waals surface area contributed by atoms with Crippen LogP contribution in [-0.2, 0) is 16.0 Å². The Kier molecular flexibility index (Phi) is 8.25. The fourth-order valence-corrected chi connectivity index (χ4v) is 4.56. The molecule has 1 aliphatic rings. The summed E-state index contributed by atoms with van der Waals surface area (Å²) in [6, 6.07) is 4.18. The van der Waals surface area contributed by atoms with E-state index < -0.39 is 17.7 Å². The molecule has 0 aliphatic carbocycles. The lowest BCUT2D eigenvalue weighted by atomic mass is 9.82. The van der Waals surface area contributed by atoms with Crippen molar-refractivity contribution in [2.45, 2.75) is 92.8 Å². The summed E-state index contributed by atoms with van der Waals surface area (Å²) in [5.41, 5.74) is 4.74. The third-order valence-corrected chi connectivity index (χ3v) is 6.79. The second-order valence-corrected chi connectivity index (χ2v) is 12.1. The first-order valence-electron chi connectivity index (χ1n) is 12.9. The Hall–Kier alpha value is -2.47. The number of piperidine rings is 1. The minimum absolute atomic E-state index is 0.267. The lowest BCUT2D eigenvalue weighted by molar-refractivity contribution is -0.160. The maximum absolute atomic E-state index is 12.5. The number of anilines is 1. The molecule has 2 aromatic rings. The molecular weight excluding hydrogens is 438 g/mol. The summed E-state index contributed by atoms with van der Waals surface area (Å²) in [5, 5.41) is 10.2. The van der Waals surface area contributed by atoms with E-state index >= 15 is 0 Å². The molecule has 3 rings (SSSR count). The van der Waals surface area contributed by atoms with Gasteiger partial charge in [-0.3, -0.25) is 9.97 Å². The largest absolute Gasteiger partial charge is 0.479 e. The number of carbonyl (C=O) groups is 1. The van der Waals surface area contributed by atoms with Crippen molar-refractivity contribution in [3.8, 4) is 11.3 Å². The molecule has 0 aromatic carbocycles. The number of hydrogen-bond acceptors (Lipinski definition) is 5. The van der Waals surface area contributed by atoms with E-state index in [9.17, 15) is 9.90 Å². The van der Waals surface area contributed by atoms with Crippen molar-refractivity contribution < 1.29 is 14.6 Å². The van der Waals surface area contributed by atoms with Crippen LogP contribution in [0.25, 0.3) is 11.3 Å². The summed E-state index contributed by atoms with van der Waals surface area (Å²) in [5.74, 6) is -0.359. The van der Waals surface area contributed by atoms with Gasteiger partial charge in [0.15, 0.2) is 6.10 Å². The molecule has 0 spiro atoms. The number of rotatable bonds is 8. The molecule has 1 unspecified atom stereocenters. The number of aryl methyl sites for hydroxylation is 2. The molecule has 1 saturated heterocycles. The van der Waals surface area contributed by atoms with Gasteiger partial charge in [0.05, 0.1) is 17.0 Å². The standard InChI is InChI=1S/C29H43N3O3/c1-19(2)9-10-21-11-12-23(31-17-21)22-18-30-20(3)24(26(27(33)34)35-28(4,5)6)25(22)32-15-13-29(7,8)14-16-32/h11-12,17-19,26H,9-10,13-16H2,1-8H3,(H,33,34). The van der Waals surface area contributed by atoms with E-state index in [0.717, 1.165) is 55.7 Å². The number of aliphatic carboxylic acids is 1. The van der Waals surface area contributed by atoms with Gasteiger partial charge in [0.1, 0.15) is 0 Å². The van der Waals surface area contributed by atoms with Gasteiger partial charge in [-0.1, -0.05) is 33.8 Å². The minimum Gasteiger partial charge on any atom is -0.479 e. The van der Waals surface area contributed by atoms with Gasteiger partial charge in [0.2, 0.25) is 0 Å². The summed E-state index contributed by atoms with van der Waals surface area (Å²) >= 11 is 0. The van der Waals surface area contributed by atoms with Gasteiger partial charge in [-0.05, 0) is 76.3 Å². The monoisotopic (exact) mass is 481 g/mol. The van der Waals surface area contributed by atoms with Crippen LogP contribution in [0.2, 0.25) is 0 Å². The number of hydrogen-bond donors (Lipinski definition) is 1. The van der Waals surface area contributed by atoms with E-state index in [4.69, 9.17) is 9.72 Å². The third-order valence-electron chi connectivity index (χ3n) is 6.79. The van der Waals surface area contributed by atoms with Gasteiger partial charge in [-0.2, -0.15) is 0 Å². The van der Waals surface area contributed by atoms with Gasteiger partial charge >= 0.3 is 5.97 Å². The maximum atomic E-state index is 12.5. The molecule has 1 fully saturated rings. The van der Waals surface area contributed by atoms with Crippen LogP contribution in [0, 0.1) is 18.3 Å². The van der Waals surface area contributed by atoms with Crippen LogP contribution in [-0.4, -0.2) is 39.7 Å². The minimum atomic E-state index is -1.11. The summed E-state index contributed by atoms with van der Waals surface area (Å²) in [6.07, 6.45) is 6.87. The zero-order chi connectivity index (χ0) is 26.0. The number of nitrogens with zero attached hydrogens (tertiary/aromatic N) is 3. The van der Waals surface area contributed by atoms with Gasteiger partial charge in [-0.15, -0.1) is 0 Å². The molecule has 1 aliphatic heterocycles. The second-order valence-electron chi connectivity index (χ2n) is 12.1. The van der Waals surface area contributed by atoms with Crippen molar-refractivity contribution >= 4 is 11.7 Å². The highest BCUT2D eigenvalue weighted by Gasteiger charge is 2.35. The van der Waals surface area contributed by atoms with E-state index in [1.807, 2.05) is 46.2 Å². The molecular formula is C29H43N3O3. The second kappa shape index (κ2) is 10.7. The molecule has 0 saturated carbocycles. The van der Waals surface area contributed by atoms with Gasteiger partial charge < -0.3 is 14.7 Å². The van der Waals surface area contributed by atoms with Gasteiger partial charge in [0, 0.05) is 42.3 Å². The quantitative estimate of drug-likeness (QED) is 0.457. The highest BCUT2D eigenvalue weighted by Crippen LogP contribution is 2.43. The van der Waals surface area contributed by atoms with Crippen molar-refractivity contribution in [3.05, 3.63) is 41.3 Å². The predicted octanol–water partition coefficient (Wildman–Crippen LogP) is 6.61. The lowest BCUT2D eigenvalue weighted by Gasteiger charge is -2.40. The number of carboxylic acids is 1. The van der Waals surface area contributed by atoms with Crippen LogP contribution < -0.4 is 4.90 Å². The van der Waals surface area contributed by atoms with Crippen molar-refractivity contribution in [1.82, 2.24) is 9.97 Å². The lowest BCUT2D eigenvalue weighted by Crippen LogP contribution is -2.39. The third kappa shape index (κ3) is 7.03. The Balaban J connectivity index is 2.13. The average molecular weight is 482 g/mol. The van der Waals surface area contributed by atoms with Gasteiger partial charge in [0.25, 0.3) is 0 Å². The first-order chi connectivity index (χ1) is 16.3. The van der Waals surface area contributed by atoms with E-state index in [1.54, 1.807) is 0 Å². The van der Waals surface area contributed by atoms with E-state index in [0.29, 0.717) is 17.2 Å². The van der Waals surface area contributed by atoms with Crippen molar-refractivity contribution in [1.29, 1.82) is 0 Å². The number of ether oxygens (including phenoxy) is 1. The molecule has 3 heterocycles. The molecule has 6 heteroatoms. The smallest absolute Gasteiger partial charge is 0.337 e. The zero-order valence-corrected chi connectivity index (χ0v) is 22.8. The Morgan fingerprint density at radius 2 is 1.80 bits per heavy atom. The van der Waals surface area contributed by atoms with Crippen LogP contribution in [0.15, 0.2) is 24.5 Å². The molecule has 0 radical (unpaired) electrons. The van der Waals surface area contributed by atoms with Crippen molar-refractivity contribution in [2.75, 3.05) is 18.0 Å². The number of pyridine rings is 2. The highest BCUT2D eigenvalue weighted by atomic mass is 16.5. The van der Waals surface area contributed by atoms with Gasteiger partial charge in [-0.25, -0.2) is 4.79 Å². The Bertz CT molecular complexity index is 1010. The fourth-order valence-electron chi connectivity index (χ4n) is 4.56. The van der Waals surface area contributed by atoms with Crippen LogP contribution >= 0.6 is 0 Å². The summed E-state index contributed by atoms with van der Waals surface area (Å²) in [4.78, 5) is 24.3. The Morgan fingerprint density at radius 3 is 2.31 bits per heavy atom. The van der Waals surface area contributed by atoms with E-state index in [-0.39, 0.29) is 5.41 Å². The molecule has 0 bridgehead atoms. The number of aromatic nitrogens is 2. The van der Waals surface area contributed by atoms with Crippen LogP contribution in [0.3, 0.4) is 0 Å². The van der Waals surface area contributed by atoms with E-state index in [1.165, 1.54) is 5.56 Å². The fraction of sp³-hybridized carbons (Fsp3) is 0.621. The molecule has 1 atom stereocenters. The first-order valence-corrected chi connectivity index (χ1v) is 12.9. The normalized spacial score (nSPS) is 17.0. The maximum Gasteiger partial charge on any atom is 0.337 e. The molecule has 192 valence electrons. The molecule has 0 amide bonds. The molecule has 2 aromatic heterocycles. The zero-order valence-electron chi connectivity index (χ0n) is 22.8. The summed E-state index contributed by atoms with van der Waals surface area (Å²) in [7, 11) is 0. The Morgan fingerprint density at radius 1 is 1.14 bits per heavy atom. The summed E-state index contributed by atoms with van der Waals surface area (Å²) in [6.45, 7) is 18.3. The van der Waals surface area contributed by atoms with E-state index in [2.05, 4.69) is 43.6 Å². The highest BCUT2D eigenvalue weighted by molar-refractivity contribution is 5.85. The van der Waals surface area contributed by atoms with Crippen LogP contribution in [0.5, 0.6) is 0 Å². The summed E-state index contributed by atoms with van der Waals surface area (Å²) < 4.78 is 6.12. The topological polar surface area (TPSA) is 75.5 Å². The molecule has 35 heavy (non-hydrogen) atoms. The van der Waals surface area contributed by atoms with Crippen LogP contribution in [0.1, 0.15) is 90.7 Å². The van der Waals surface area contributed by atoms with Crippen molar-refractivity contribution in [2.24, 2.45) is 11.3 Å². The van der Waals surface area contributed by atoms with Crippen LogP contribution in [0.4, 0.5) is 5.69 Å². The molecule has 1 N–H and O–H groups in total. The first kappa shape index (κ1) is 27.1. The molecule has 6 nitrogen and oxygen atoms in total. The number of carboxylic acid groups (broad SMARTS) is 1. The SMILES string of the molecule is Cc1ncc(-c2ccc(CCC(C)C)cn2)c(N2CCC(C)(C)CC2)c1C(OC(C)(C)C)C(=O)O. The van der Waals surface area contributed by atoms with Crippen molar-refractivity contribution in [3.63, 3.8) is 0 Å². The predicted molar refractivity (Wildman–Crippen MR) is 142 cm³/mol. The average Bonchev–Trinajstić information content (AvgIpc) is 2.76.